The predicted molar refractivity (Wildman–Crippen MR) is 111 cm³/mol. The highest BCUT2D eigenvalue weighted by Gasteiger charge is 2.25. The molecule has 1 aliphatic heterocycles. The van der Waals surface area contributed by atoms with E-state index < -0.39 is 11.7 Å². The Morgan fingerprint density at radius 3 is 2.63 bits per heavy atom. The third-order valence-electron chi connectivity index (χ3n) is 4.70. The van der Waals surface area contributed by atoms with Gasteiger partial charge in [-0.15, -0.1) is 0 Å². The van der Waals surface area contributed by atoms with Crippen molar-refractivity contribution in [2.75, 3.05) is 18.5 Å². The fourth-order valence-corrected chi connectivity index (χ4v) is 3.41. The second-order valence-corrected chi connectivity index (χ2v) is 7.16. The van der Waals surface area contributed by atoms with E-state index in [4.69, 9.17) is 16.3 Å². The van der Waals surface area contributed by atoms with Crippen molar-refractivity contribution in [3.05, 3.63) is 76.5 Å². The molecular weight excluding hydrogens is 407 g/mol. The molecule has 0 aliphatic carbocycles. The monoisotopic (exact) mass is 424 g/mol. The molecule has 8 heteroatoms. The van der Waals surface area contributed by atoms with E-state index in [1.54, 1.807) is 4.68 Å². The predicted octanol–water partition coefficient (Wildman–Crippen LogP) is 4.07. The third kappa shape index (κ3) is 4.51. The van der Waals surface area contributed by atoms with Crippen LogP contribution in [-0.2, 0) is 4.74 Å². The van der Waals surface area contributed by atoms with Crippen molar-refractivity contribution in [3.63, 3.8) is 0 Å². The molecule has 1 aromatic carbocycles. The van der Waals surface area contributed by atoms with Gasteiger partial charge in [0.2, 0.25) is 0 Å². The van der Waals surface area contributed by atoms with Crippen LogP contribution in [0, 0.1) is 17.7 Å². The molecule has 0 bridgehead atoms. The Balaban J connectivity index is 1.52. The molecular formula is C22H18ClFN4O2. The first-order chi connectivity index (χ1) is 14.6. The Bertz CT molecular complexity index is 1120. The molecule has 1 N–H and O–H groups in total. The van der Waals surface area contributed by atoms with Gasteiger partial charge in [0, 0.05) is 30.5 Å². The van der Waals surface area contributed by atoms with Crippen LogP contribution in [0.3, 0.4) is 0 Å². The Hall–Kier alpha value is -3.21. The third-order valence-corrected chi connectivity index (χ3v) is 4.98. The number of ether oxygens (including phenoxy) is 1. The summed E-state index contributed by atoms with van der Waals surface area (Å²) in [6.07, 6.45) is 4.27. The van der Waals surface area contributed by atoms with E-state index in [1.165, 1.54) is 18.5 Å². The van der Waals surface area contributed by atoms with Crippen LogP contribution in [0.5, 0.6) is 0 Å². The van der Waals surface area contributed by atoms with Crippen molar-refractivity contribution in [3.8, 4) is 11.8 Å². The van der Waals surface area contributed by atoms with Gasteiger partial charge in [0.1, 0.15) is 5.69 Å². The van der Waals surface area contributed by atoms with Crippen LogP contribution < -0.4 is 5.32 Å². The summed E-state index contributed by atoms with van der Waals surface area (Å²) < 4.78 is 21.5. The van der Waals surface area contributed by atoms with Gasteiger partial charge in [-0.3, -0.25) is 9.48 Å². The van der Waals surface area contributed by atoms with Gasteiger partial charge < -0.3 is 10.1 Å². The zero-order chi connectivity index (χ0) is 20.9. The summed E-state index contributed by atoms with van der Waals surface area (Å²) in [4.78, 5) is 16.8. The van der Waals surface area contributed by atoms with Gasteiger partial charge in [-0.2, -0.15) is 5.10 Å². The van der Waals surface area contributed by atoms with E-state index in [2.05, 4.69) is 27.2 Å². The quantitative estimate of drug-likeness (QED) is 0.643. The zero-order valence-corrected chi connectivity index (χ0v) is 16.7. The Kier molecular flexibility index (Phi) is 6.07. The Labute approximate surface area is 178 Å². The minimum Gasteiger partial charge on any atom is -0.381 e. The molecule has 1 aliphatic rings. The number of benzene rings is 1. The highest BCUT2D eigenvalue weighted by atomic mass is 35.5. The lowest BCUT2D eigenvalue weighted by Crippen LogP contribution is -2.26. The van der Waals surface area contributed by atoms with E-state index in [0.717, 1.165) is 18.4 Å². The van der Waals surface area contributed by atoms with E-state index >= 15 is 0 Å². The van der Waals surface area contributed by atoms with Crippen LogP contribution in [0.4, 0.5) is 10.2 Å². The molecule has 0 spiro atoms. The fourth-order valence-electron chi connectivity index (χ4n) is 3.19. The molecule has 1 amide bonds. The minimum absolute atomic E-state index is 0.000410. The zero-order valence-electron chi connectivity index (χ0n) is 15.9. The standard InChI is InChI=1S/C22H18ClFN4O2/c23-18-14-26-28(17-8-10-30-11-9-17)20(18)22(29)27-21-19(24)12-16(13-25-21)7-6-15-4-2-1-3-5-15/h1-5,12-14,17H,8-11H2,(H,25,27,29). The van der Waals surface area contributed by atoms with Crippen molar-refractivity contribution in [1.82, 2.24) is 14.8 Å². The van der Waals surface area contributed by atoms with Gasteiger partial charge in [-0.25, -0.2) is 9.37 Å². The van der Waals surface area contributed by atoms with Gasteiger partial charge in [0.25, 0.3) is 5.91 Å². The molecule has 1 saturated heterocycles. The Morgan fingerprint density at radius 1 is 1.17 bits per heavy atom. The lowest BCUT2D eigenvalue weighted by atomic mass is 10.1. The molecule has 3 heterocycles. The number of amides is 1. The van der Waals surface area contributed by atoms with Crippen LogP contribution in [0.2, 0.25) is 5.02 Å². The maximum absolute atomic E-state index is 14.5. The summed E-state index contributed by atoms with van der Waals surface area (Å²) >= 11 is 6.18. The maximum Gasteiger partial charge on any atom is 0.276 e. The molecule has 4 rings (SSSR count). The number of nitrogens with zero attached hydrogens (tertiary/aromatic N) is 3. The number of nitrogens with one attached hydrogen (secondary N) is 1. The molecule has 152 valence electrons. The van der Waals surface area contributed by atoms with Gasteiger partial charge >= 0.3 is 0 Å². The van der Waals surface area contributed by atoms with Gasteiger partial charge in [0.15, 0.2) is 11.6 Å². The average Bonchev–Trinajstić information content (AvgIpc) is 3.17. The molecule has 0 unspecified atom stereocenters. The molecule has 30 heavy (non-hydrogen) atoms. The molecule has 0 radical (unpaired) electrons. The smallest absolute Gasteiger partial charge is 0.276 e. The van der Waals surface area contributed by atoms with Crippen LogP contribution in [-0.4, -0.2) is 33.9 Å². The van der Waals surface area contributed by atoms with Crippen LogP contribution in [0.15, 0.2) is 48.8 Å². The summed E-state index contributed by atoms with van der Waals surface area (Å²) in [5.74, 6) is 4.35. The fraction of sp³-hybridized carbons (Fsp3) is 0.227. The lowest BCUT2D eigenvalue weighted by molar-refractivity contribution is 0.0647. The molecule has 3 aromatic rings. The molecule has 0 saturated carbocycles. The number of hydrogen-bond acceptors (Lipinski definition) is 4. The van der Waals surface area contributed by atoms with Crippen molar-refractivity contribution >= 4 is 23.3 Å². The molecule has 6 nitrogen and oxygen atoms in total. The minimum atomic E-state index is -0.684. The number of anilines is 1. The van der Waals surface area contributed by atoms with Crippen LogP contribution in [0.1, 0.15) is 40.5 Å². The average molecular weight is 425 g/mol. The molecule has 1 fully saturated rings. The summed E-state index contributed by atoms with van der Waals surface area (Å²) in [6.45, 7) is 1.18. The largest absolute Gasteiger partial charge is 0.381 e. The van der Waals surface area contributed by atoms with Crippen molar-refractivity contribution in [1.29, 1.82) is 0 Å². The number of aromatic nitrogens is 3. The summed E-state index contributed by atoms with van der Waals surface area (Å²) in [6, 6.07) is 10.6. The second kappa shape index (κ2) is 9.08. The number of halogens is 2. The molecule has 0 atom stereocenters. The first kappa shape index (κ1) is 20.1. The summed E-state index contributed by atoms with van der Waals surface area (Å²) in [7, 11) is 0. The lowest BCUT2D eigenvalue weighted by Gasteiger charge is -2.24. The number of hydrogen-bond donors (Lipinski definition) is 1. The van der Waals surface area contributed by atoms with E-state index in [9.17, 15) is 9.18 Å². The second-order valence-electron chi connectivity index (χ2n) is 6.75. The number of rotatable bonds is 3. The number of carbonyl (C=O) groups excluding carboxylic acids is 1. The summed E-state index contributed by atoms with van der Waals surface area (Å²) in [5, 5.41) is 6.91. The van der Waals surface area contributed by atoms with Crippen molar-refractivity contribution < 1.29 is 13.9 Å². The number of pyridine rings is 1. The Morgan fingerprint density at radius 2 is 1.90 bits per heavy atom. The summed E-state index contributed by atoms with van der Waals surface area (Å²) in [5.41, 5.74) is 1.39. The number of carbonyl (C=O) groups is 1. The van der Waals surface area contributed by atoms with Crippen LogP contribution in [0.25, 0.3) is 0 Å². The van der Waals surface area contributed by atoms with E-state index in [0.29, 0.717) is 18.8 Å². The maximum atomic E-state index is 14.5. The van der Waals surface area contributed by atoms with Crippen molar-refractivity contribution in [2.24, 2.45) is 0 Å². The first-order valence-corrected chi connectivity index (χ1v) is 9.84. The van der Waals surface area contributed by atoms with Gasteiger partial charge in [-0.1, -0.05) is 41.6 Å². The van der Waals surface area contributed by atoms with Crippen LogP contribution >= 0.6 is 11.6 Å². The highest BCUT2D eigenvalue weighted by molar-refractivity contribution is 6.34. The first-order valence-electron chi connectivity index (χ1n) is 9.46. The highest BCUT2D eigenvalue weighted by Crippen LogP contribution is 2.26. The normalized spacial score (nSPS) is 14.1. The van der Waals surface area contributed by atoms with E-state index in [-0.39, 0.29) is 22.6 Å². The van der Waals surface area contributed by atoms with Crippen molar-refractivity contribution in [2.45, 2.75) is 18.9 Å². The SMILES string of the molecule is O=C(Nc1ncc(C#Cc2ccccc2)cc1F)c1c(Cl)cnn1C1CCOCC1. The van der Waals surface area contributed by atoms with Gasteiger partial charge in [-0.05, 0) is 31.0 Å². The topological polar surface area (TPSA) is 69.0 Å². The molecule has 2 aromatic heterocycles. The van der Waals surface area contributed by atoms with E-state index in [1.807, 2.05) is 30.3 Å². The van der Waals surface area contributed by atoms with Gasteiger partial charge in [0.05, 0.1) is 17.3 Å².